The highest BCUT2D eigenvalue weighted by atomic mass is 32.1. The van der Waals surface area contributed by atoms with E-state index in [0.717, 1.165) is 22.9 Å². The molecule has 1 aromatic heterocycles. The second-order valence-corrected chi connectivity index (χ2v) is 5.50. The normalized spacial score (nSPS) is 12.1. The molecule has 5 heteroatoms. The van der Waals surface area contributed by atoms with E-state index < -0.39 is 11.9 Å². The Balaban J connectivity index is 2.16. The number of carboxylic acids is 1. The average Bonchev–Trinajstić information content (AvgIpc) is 2.95. The van der Waals surface area contributed by atoms with Crippen molar-refractivity contribution < 1.29 is 9.90 Å². The van der Waals surface area contributed by atoms with Gasteiger partial charge in [-0.05, 0) is 6.92 Å². The molecular formula is C15H18N2O2S. The largest absolute Gasteiger partial charge is 0.481 e. The highest BCUT2D eigenvalue weighted by Gasteiger charge is 2.17. The Morgan fingerprint density at radius 1 is 1.40 bits per heavy atom. The third-order valence-corrected chi connectivity index (χ3v) is 4.03. The number of nitrogens with zero attached hydrogens (tertiary/aromatic N) is 2. The number of anilines is 1. The fourth-order valence-corrected chi connectivity index (χ4v) is 2.81. The van der Waals surface area contributed by atoms with Crippen LogP contribution < -0.4 is 4.90 Å². The fourth-order valence-electron chi connectivity index (χ4n) is 1.90. The van der Waals surface area contributed by atoms with Gasteiger partial charge in [0.2, 0.25) is 0 Å². The molecule has 0 saturated heterocycles. The van der Waals surface area contributed by atoms with Gasteiger partial charge in [-0.3, -0.25) is 4.79 Å². The van der Waals surface area contributed by atoms with E-state index in [1.807, 2.05) is 47.5 Å². The number of aliphatic carboxylic acids is 1. The maximum Gasteiger partial charge on any atom is 0.308 e. The van der Waals surface area contributed by atoms with Crippen molar-refractivity contribution in [2.45, 2.75) is 13.8 Å². The molecule has 2 aromatic rings. The lowest BCUT2D eigenvalue weighted by molar-refractivity contribution is -0.140. The van der Waals surface area contributed by atoms with Crippen molar-refractivity contribution in [1.82, 2.24) is 4.98 Å². The Kier molecular flexibility index (Phi) is 4.74. The van der Waals surface area contributed by atoms with E-state index in [1.54, 1.807) is 18.3 Å². The van der Waals surface area contributed by atoms with Crippen LogP contribution >= 0.6 is 11.3 Å². The number of benzene rings is 1. The molecule has 0 amide bonds. The molecule has 0 aliphatic heterocycles. The van der Waals surface area contributed by atoms with E-state index >= 15 is 0 Å². The van der Waals surface area contributed by atoms with Crippen LogP contribution in [0.1, 0.15) is 13.8 Å². The molecule has 1 atom stereocenters. The van der Waals surface area contributed by atoms with Crippen LogP contribution in [0.5, 0.6) is 0 Å². The molecule has 0 spiro atoms. The van der Waals surface area contributed by atoms with E-state index in [4.69, 9.17) is 5.11 Å². The lowest BCUT2D eigenvalue weighted by atomic mass is 10.2. The summed E-state index contributed by atoms with van der Waals surface area (Å²) in [6.07, 6.45) is 0. The summed E-state index contributed by atoms with van der Waals surface area (Å²) in [6, 6.07) is 9.99. The van der Waals surface area contributed by atoms with Crippen LogP contribution in [-0.2, 0) is 4.79 Å². The third kappa shape index (κ3) is 3.36. The number of carbonyl (C=O) groups is 1. The van der Waals surface area contributed by atoms with Crippen molar-refractivity contribution in [3.63, 3.8) is 0 Å². The topological polar surface area (TPSA) is 53.4 Å². The lowest BCUT2D eigenvalue weighted by Gasteiger charge is -2.21. The van der Waals surface area contributed by atoms with E-state index in [9.17, 15) is 4.79 Å². The van der Waals surface area contributed by atoms with Crippen molar-refractivity contribution in [2.24, 2.45) is 5.92 Å². The number of hydrogen-bond donors (Lipinski definition) is 1. The number of hydrogen-bond acceptors (Lipinski definition) is 4. The van der Waals surface area contributed by atoms with Crippen LogP contribution in [0.25, 0.3) is 11.3 Å². The molecular weight excluding hydrogens is 272 g/mol. The average molecular weight is 290 g/mol. The van der Waals surface area contributed by atoms with Crippen LogP contribution in [0.15, 0.2) is 35.7 Å². The summed E-state index contributed by atoms with van der Waals surface area (Å²) in [6.45, 7) is 4.96. The van der Waals surface area contributed by atoms with Crippen LogP contribution in [0, 0.1) is 5.92 Å². The third-order valence-electron chi connectivity index (χ3n) is 3.13. The minimum absolute atomic E-state index is 0.404. The lowest BCUT2D eigenvalue weighted by Crippen LogP contribution is -2.31. The van der Waals surface area contributed by atoms with Crippen molar-refractivity contribution in [1.29, 1.82) is 0 Å². The number of thiazole rings is 1. The van der Waals surface area contributed by atoms with Gasteiger partial charge in [-0.25, -0.2) is 4.98 Å². The molecule has 0 radical (unpaired) electrons. The zero-order chi connectivity index (χ0) is 14.5. The molecule has 1 heterocycles. The Bertz CT molecular complexity index is 568. The summed E-state index contributed by atoms with van der Waals surface area (Å²) in [7, 11) is 0. The first-order valence-corrected chi connectivity index (χ1v) is 7.48. The molecule has 1 unspecified atom stereocenters. The van der Waals surface area contributed by atoms with Gasteiger partial charge in [-0.1, -0.05) is 37.3 Å². The number of rotatable bonds is 6. The fraction of sp³-hybridized carbons (Fsp3) is 0.333. The first-order chi connectivity index (χ1) is 9.61. The summed E-state index contributed by atoms with van der Waals surface area (Å²) in [5, 5.41) is 11.9. The van der Waals surface area contributed by atoms with Gasteiger partial charge in [-0.2, -0.15) is 0 Å². The summed E-state index contributed by atoms with van der Waals surface area (Å²) in [4.78, 5) is 17.6. The van der Waals surface area contributed by atoms with Crippen LogP contribution in [-0.4, -0.2) is 29.1 Å². The minimum Gasteiger partial charge on any atom is -0.481 e. The monoisotopic (exact) mass is 290 g/mol. The Labute approximate surface area is 122 Å². The van der Waals surface area contributed by atoms with Gasteiger partial charge < -0.3 is 10.0 Å². The molecule has 20 heavy (non-hydrogen) atoms. The van der Waals surface area contributed by atoms with E-state index in [0.29, 0.717) is 6.54 Å². The van der Waals surface area contributed by atoms with Gasteiger partial charge in [0.25, 0.3) is 0 Å². The second kappa shape index (κ2) is 6.52. The summed E-state index contributed by atoms with van der Waals surface area (Å²) in [5.41, 5.74) is 2.02. The van der Waals surface area contributed by atoms with Crippen LogP contribution in [0.3, 0.4) is 0 Å². The van der Waals surface area contributed by atoms with Crippen molar-refractivity contribution in [3.05, 3.63) is 35.7 Å². The molecule has 0 aliphatic rings. The zero-order valence-corrected chi connectivity index (χ0v) is 12.4. The highest BCUT2D eigenvalue weighted by Crippen LogP contribution is 2.27. The predicted octanol–water partition coefficient (Wildman–Crippen LogP) is 3.36. The maximum atomic E-state index is 11.0. The molecule has 0 aliphatic carbocycles. The SMILES string of the molecule is CCN(CC(C)C(=O)O)c1nc(-c2ccccc2)cs1. The molecule has 0 fully saturated rings. The second-order valence-electron chi connectivity index (χ2n) is 4.66. The first kappa shape index (κ1) is 14.5. The number of carboxylic acid groups (broad SMARTS) is 1. The first-order valence-electron chi connectivity index (χ1n) is 6.60. The smallest absolute Gasteiger partial charge is 0.308 e. The summed E-state index contributed by atoms with van der Waals surface area (Å²) >= 11 is 1.55. The van der Waals surface area contributed by atoms with Gasteiger partial charge in [0.15, 0.2) is 5.13 Å². The zero-order valence-electron chi connectivity index (χ0n) is 11.6. The van der Waals surface area contributed by atoms with Crippen LogP contribution in [0.2, 0.25) is 0 Å². The predicted molar refractivity (Wildman–Crippen MR) is 82.2 cm³/mol. The van der Waals surface area contributed by atoms with Gasteiger partial charge in [-0.15, -0.1) is 11.3 Å². The van der Waals surface area contributed by atoms with E-state index in [1.165, 1.54) is 0 Å². The molecule has 106 valence electrons. The molecule has 1 aromatic carbocycles. The van der Waals surface area contributed by atoms with E-state index in [2.05, 4.69) is 4.98 Å². The highest BCUT2D eigenvalue weighted by molar-refractivity contribution is 7.14. The van der Waals surface area contributed by atoms with Crippen molar-refractivity contribution in [3.8, 4) is 11.3 Å². The van der Waals surface area contributed by atoms with Gasteiger partial charge in [0.05, 0.1) is 11.6 Å². The molecule has 4 nitrogen and oxygen atoms in total. The Hall–Kier alpha value is -1.88. The van der Waals surface area contributed by atoms with Crippen molar-refractivity contribution in [2.75, 3.05) is 18.0 Å². The summed E-state index contributed by atoms with van der Waals surface area (Å²) in [5.74, 6) is -1.18. The molecule has 1 N–H and O–H groups in total. The quantitative estimate of drug-likeness (QED) is 0.886. The van der Waals surface area contributed by atoms with E-state index in [-0.39, 0.29) is 0 Å². The number of aromatic nitrogens is 1. The standard InChI is InChI=1S/C15H18N2O2S/c1-3-17(9-11(2)14(18)19)15-16-13(10-20-15)12-7-5-4-6-8-12/h4-8,10-11H,3,9H2,1-2H3,(H,18,19). The molecule has 0 saturated carbocycles. The van der Waals surface area contributed by atoms with Gasteiger partial charge in [0, 0.05) is 24.0 Å². The van der Waals surface area contributed by atoms with Gasteiger partial charge >= 0.3 is 5.97 Å². The van der Waals surface area contributed by atoms with Crippen molar-refractivity contribution >= 4 is 22.4 Å². The Morgan fingerprint density at radius 3 is 2.70 bits per heavy atom. The van der Waals surface area contributed by atoms with Crippen LogP contribution in [0.4, 0.5) is 5.13 Å². The molecule has 2 rings (SSSR count). The Morgan fingerprint density at radius 2 is 2.10 bits per heavy atom. The molecule has 0 bridgehead atoms. The minimum atomic E-state index is -0.775. The van der Waals surface area contributed by atoms with Gasteiger partial charge in [0.1, 0.15) is 0 Å². The maximum absolute atomic E-state index is 11.0. The summed E-state index contributed by atoms with van der Waals surface area (Å²) < 4.78 is 0.